The maximum atomic E-state index is 11.5. The monoisotopic (exact) mass is 327 g/mol. The molecule has 0 amide bonds. The fraction of sp³-hybridized carbons (Fsp3) is 0.533. The van der Waals surface area contributed by atoms with Crippen LogP contribution in [0.3, 0.4) is 0 Å². The summed E-state index contributed by atoms with van der Waals surface area (Å²) in [7, 11) is -3.74. The summed E-state index contributed by atoms with van der Waals surface area (Å²) in [5.41, 5.74) is 6.63. The van der Waals surface area contributed by atoms with Crippen molar-refractivity contribution in [3.8, 4) is 5.75 Å². The van der Waals surface area contributed by atoms with E-state index in [4.69, 9.17) is 10.5 Å². The molecule has 1 heterocycles. The minimum absolute atomic E-state index is 0.0433. The van der Waals surface area contributed by atoms with Gasteiger partial charge in [0.25, 0.3) is 0 Å². The van der Waals surface area contributed by atoms with E-state index >= 15 is 0 Å². The van der Waals surface area contributed by atoms with E-state index < -0.39 is 10.2 Å². The van der Waals surface area contributed by atoms with Gasteiger partial charge in [0.05, 0.1) is 17.9 Å². The lowest BCUT2D eigenvalue weighted by atomic mass is 10.1. The molecule has 0 atom stereocenters. The van der Waals surface area contributed by atoms with Gasteiger partial charge in [0.2, 0.25) is 0 Å². The second-order valence-corrected chi connectivity index (χ2v) is 6.45. The molecule has 1 aromatic rings. The standard InChI is InChI=1S/C13H19N3O3S.C2H6/c1-9(2)5-4-8-19-11-7-3-6-10-12(11)13(14)16-20(17,18)15-10;1-2/h3,6-7,9,15H,4-5,8H2,1-2H3,(H2,14,16);1-2H3. The average molecular weight is 327 g/mol. The zero-order valence-electron chi connectivity index (χ0n) is 13.6. The Bertz CT molecular complexity index is 625. The van der Waals surface area contributed by atoms with Crippen LogP contribution in [0, 0.1) is 5.92 Å². The molecule has 6 nitrogen and oxygen atoms in total. The summed E-state index contributed by atoms with van der Waals surface area (Å²) in [6, 6.07) is 5.11. The Morgan fingerprint density at radius 1 is 1.32 bits per heavy atom. The lowest BCUT2D eigenvalue weighted by molar-refractivity contribution is 0.297. The van der Waals surface area contributed by atoms with E-state index in [9.17, 15) is 8.42 Å². The van der Waals surface area contributed by atoms with Crippen LogP contribution in [0.2, 0.25) is 0 Å². The summed E-state index contributed by atoms with van der Waals surface area (Å²) in [5.74, 6) is 1.13. The summed E-state index contributed by atoms with van der Waals surface area (Å²) >= 11 is 0. The molecule has 2 rings (SSSR count). The van der Waals surface area contributed by atoms with Crippen LogP contribution in [0.1, 0.15) is 46.1 Å². The first-order valence-electron chi connectivity index (χ1n) is 7.53. The van der Waals surface area contributed by atoms with Gasteiger partial charge in [-0.15, -0.1) is 4.40 Å². The van der Waals surface area contributed by atoms with Crippen molar-refractivity contribution in [2.24, 2.45) is 16.0 Å². The summed E-state index contributed by atoms with van der Waals surface area (Å²) in [4.78, 5) is 0. The third-order valence-corrected chi connectivity index (χ3v) is 3.84. The third-order valence-electron chi connectivity index (χ3n) is 2.92. The number of hydrogen-bond acceptors (Lipinski definition) is 4. The van der Waals surface area contributed by atoms with Gasteiger partial charge in [0.1, 0.15) is 5.75 Å². The fourth-order valence-electron chi connectivity index (χ4n) is 2.01. The van der Waals surface area contributed by atoms with Crippen molar-refractivity contribution in [2.45, 2.75) is 40.5 Å². The van der Waals surface area contributed by atoms with Gasteiger partial charge >= 0.3 is 10.2 Å². The number of benzene rings is 1. The minimum atomic E-state index is -3.74. The van der Waals surface area contributed by atoms with Crippen LogP contribution in [0.25, 0.3) is 0 Å². The second kappa shape index (κ2) is 8.03. The molecule has 124 valence electrons. The Hall–Kier alpha value is -1.76. The van der Waals surface area contributed by atoms with E-state index in [0.29, 0.717) is 29.5 Å². The molecule has 22 heavy (non-hydrogen) atoms. The van der Waals surface area contributed by atoms with Gasteiger partial charge in [0, 0.05) is 0 Å². The first kappa shape index (κ1) is 18.3. The normalized spacial score (nSPS) is 15.0. The molecule has 0 saturated heterocycles. The number of nitrogens with zero attached hydrogens (tertiary/aromatic N) is 1. The highest BCUT2D eigenvalue weighted by Crippen LogP contribution is 2.30. The van der Waals surface area contributed by atoms with Crippen LogP contribution in [0.4, 0.5) is 5.69 Å². The summed E-state index contributed by atoms with van der Waals surface area (Å²) in [6.07, 6.45) is 2.01. The minimum Gasteiger partial charge on any atom is -0.493 e. The Morgan fingerprint density at radius 2 is 2.00 bits per heavy atom. The Morgan fingerprint density at radius 3 is 2.64 bits per heavy atom. The van der Waals surface area contributed by atoms with Gasteiger partial charge in [-0.1, -0.05) is 33.8 Å². The molecule has 1 aliphatic rings. The van der Waals surface area contributed by atoms with E-state index in [2.05, 4.69) is 23.0 Å². The van der Waals surface area contributed by atoms with E-state index in [0.717, 1.165) is 12.8 Å². The van der Waals surface area contributed by atoms with Crippen molar-refractivity contribution in [1.29, 1.82) is 0 Å². The van der Waals surface area contributed by atoms with E-state index in [-0.39, 0.29) is 5.84 Å². The van der Waals surface area contributed by atoms with Crippen LogP contribution in [0.15, 0.2) is 22.6 Å². The predicted octanol–water partition coefficient (Wildman–Crippen LogP) is 2.90. The molecule has 3 N–H and O–H groups in total. The smallest absolute Gasteiger partial charge is 0.344 e. The molecule has 0 aromatic heterocycles. The molecule has 0 unspecified atom stereocenters. The third kappa shape index (κ3) is 4.91. The highest BCUT2D eigenvalue weighted by atomic mass is 32.2. The fourth-order valence-corrected chi connectivity index (χ4v) is 2.86. The highest BCUT2D eigenvalue weighted by Gasteiger charge is 2.24. The molecule has 0 radical (unpaired) electrons. The predicted molar refractivity (Wildman–Crippen MR) is 90.6 cm³/mol. The first-order chi connectivity index (χ1) is 10.4. The molecule has 0 bridgehead atoms. The van der Waals surface area contributed by atoms with Crippen molar-refractivity contribution < 1.29 is 13.2 Å². The molecular weight excluding hydrogens is 302 g/mol. The number of anilines is 1. The van der Waals surface area contributed by atoms with Gasteiger partial charge in [-0.3, -0.25) is 4.72 Å². The van der Waals surface area contributed by atoms with Gasteiger partial charge in [-0.25, -0.2) is 0 Å². The second-order valence-electron chi connectivity index (χ2n) is 5.12. The molecule has 7 heteroatoms. The molecule has 1 aromatic carbocycles. The van der Waals surface area contributed by atoms with Gasteiger partial charge < -0.3 is 10.5 Å². The van der Waals surface area contributed by atoms with Crippen molar-refractivity contribution >= 4 is 21.7 Å². The molecular formula is C15H25N3O3S. The van der Waals surface area contributed by atoms with Gasteiger partial charge in [-0.2, -0.15) is 8.42 Å². The molecule has 0 spiro atoms. The summed E-state index contributed by atoms with van der Waals surface area (Å²) in [6.45, 7) is 8.88. The van der Waals surface area contributed by atoms with E-state index in [1.54, 1.807) is 18.2 Å². The number of ether oxygens (including phenoxy) is 1. The Kier molecular flexibility index (Phi) is 6.67. The van der Waals surface area contributed by atoms with Crippen LogP contribution in [0.5, 0.6) is 5.75 Å². The quantitative estimate of drug-likeness (QED) is 0.813. The van der Waals surface area contributed by atoms with Crippen molar-refractivity contribution in [2.75, 3.05) is 11.3 Å². The number of nitrogens with two attached hydrogens (primary N) is 1. The average Bonchev–Trinajstić information content (AvgIpc) is 2.44. The Balaban J connectivity index is 0.00000116. The van der Waals surface area contributed by atoms with Crippen molar-refractivity contribution in [3.05, 3.63) is 23.8 Å². The lowest BCUT2D eigenvalue weighted by Gasteiger charge is -2.19. The summed E-state index contributed by atoms with van der Waals surface area (Å²) < 4.78 is 34.4. The molecule has 0 fully saturated rings. The zero-order chi connectivity index (χ0) is 16.8. The van der Waals surface area contributed by atoms with Crippen LogP contribution in [-0.4, -0.2) is 20.9 Å². The maximum absolute atomic E-state index is 11.5. The van der Waals surface area contributed by atoms with Crippen LogP contribution in [-0.2, 0) is 10.2 Å². The maximum Gasteiger partial charge on any atom is 0.344 e. The van der Waals surface area contributed by atoms with E-state index in [1.807, 2.05) is 13.8 Å². The number of rotatable bonds is 5. The molecule has 0 aliphatic carbocycles. The van der Waals surface area contributed by atoms with Crippen LogP contribution < -0.4 is 15.2 Å². The van der Waals surface area contributed by atoms with Crippen molar-refractivity contribution in [1.82, 2.24) is 0 Å². The molecule has 0 saturated carbocycles. The number of amidine groups is 1. The van der Waals surface area contributed by atoms with Crippen LogP contribution >= 0.6 is 0 Å². The zero-order valence-corrected chi connectivity index (χ0v) is 14.4. The Labute approximate surface area is 133 Å². The number of hydrogen-bond donors (Lipinski definition) is 2. The van der Waals surface area contributed by atoms with Gasteiger partial charge in [-0.05, 0) is 30.9 Å². The number of nitrogens with one attached hydrogen (secondary N) is 1. The topological polar surface area (TPSA) is 93.8 Å². The van der Waals surface area contributed by atoms with E-state index in [1.165, 1.54) is 0 Å². The van der Waals surface area contributed by atoms with Gasteiger partial charge in [0.15, 0.2) is 5.84 Å². The highest BCUT2D eigenvalue weighted by molar-refractivity contribution is 7.91. The SMILES string of the molecule is CC.CC(C)CCCOc1cccc2c1C(N)=NS(=O)(=O)N2. The lowest BCUT2D eigenvalue weighted by Crippen LogP contribution is -2.27. The molecule has 1 aliphatic heterocycles. The number of fused-ring (bicyclic) bond motifs is 1. The summed E-state index contributed by atoms with van der Waals surface area (Å²) in [5, 5.41) is 0. The largest absolute Gasteiger partial charge is 0.493 e. The first-order valence-corrected chi connectivity index (χ1v) is 8.97. The van der Waals surface area contributed by atoms with Crippen molar-refractivity contribution in [3.63, 3.8) is 0 Å².